The molecule has 0 fully saturated rings. The fourth-order valence-corrected chi connectivity index (χ4v) is 1.55. The number of anilines is 1. The third-order valence-electron chi connectivity index (χ3n) is 2.40. The van der Waals surface area contributed by atoms with E-state index < -0.39 is 12.6 Å². The quantitative estimate of drug-likeness (QED) is 0.857. The molecule has 0 aliphatic rings. The average molecular weight is 258 g/mol. The average Bonchev–Trinajstić information content (AvgIpc) is 2.65. The van der Waals surface area contributed by atoms with Crippen molar-refractivity contribution in [1.29, 1.82) is 0 Å². The highest BCUT2D eigenvalue weighted by Crippen LogP contribution is 2.21. The van der Waals surface area contributed by atoms with Crippen LogP contribution in [0.4, 0.5) is 19.1 Å². The summed E-state index contributed by atoms with van der Waals surface area (Å²) in [5.74, 6) is 0.350. The summed E-state index contributed by atoms with van der Waals surface area (Å²) < 4.78 is 37.4. The molecule has 1 N–H and O–H groups in total. The van der Waals surface area contributed by atoms with Crippen molar-refractivity contribution < 1.29 is 13.2 Å². The van der Waals surface area contributed by atoms with E-state index in [1.54, 1.807) is 4.52 Å². The molecule has 0 aliphatic heterocycles. The van der Waals surface area contributed by atoms with E-state index in [4.69, 9.17) is 0 Å². The summed E-state index contributed by atoms with van der Waals surface area (Å²) in [5.41, 5.74) is 1.70. The summed E-state index contributed by atoms with van der Waals surface area (Å²) in [5, 5.41) is 6.90. The lowest BCUT2D eigenvalue weighted by molar-refractivity contribution is -0.134. The zero-order chi connectivity index (χ0) is 13.2. The minimum Gasteiger partial charge on any atom is -0.353 e. The first-order chi connectivity index (χ1) is 8.44. The lowest BCUT2D eigenvalue weighted by atomic mass is 10.3. The highest BCUT2D eigenvalue weighted by molar-refractivity contribution is 5.43. The van der Waals surface area contributed by atoms with Gasteiger partial charge in [0, 0.05) is 19.2 Å². The fourth-order valence-electron chi connectivity index (χ4n) is 1.55. The Kier molecular flexibility index (Phi) is 3.40. The predicted octanol–water partition coefficient (Wildman–Crippen LogP) is 2.79. The van der Waals surface area contributed by atoms with E-state index in [1.165, 1.54) is 0 Å². The number of alkyl halides is 3. The number of rotatable bonds is 4. The van der Waals surface area contributed by atoms with Gasteiger partial charge in [0.25, 0.3) is 0 Å². The highest BCUT2D eigenvalue weighted by atomic mass is 19.4. The number of fused-ring (bicyclic) bond motifs is 1. The molecule has 0 atom stereocenters. The van der Waals surface area contributed by atoms with E-state index in [0.29, 0.717) is 11.6 Å². The molecule has 98 valence electrons. The molecule has 2 aromatic rings. The van der Waals surface area contributed by atoms with Crippen molar-refractivity contribution in [2.75, 3.05) is 11.9 Å². The largest absolute Gasteiger partial charge is 0.389 e. The monoisotopic (exact) mass is 258 g/mol. The molecule has 2 aromatic heterocycles. The number of aromatic nitrogens is 3. The number of halogens is 3. The first-order valence-electron chi connectivity index (χ1n) is 5.58. The van der Waals surface area contributed by atoms with Gasteiger partial charge in [-0.1, -0.05) is 6.07 Å². The minimum absolute atomic E-state index is 0.0120. The van der Waals surface area contributed by atoms with Crippen molar-refractivity contribution in [2.45, 2.75) is 25.9 Å². The van der Waals surface area contributed by atoms with Gasteiger partial charge < -0.3 is 5.32 Å². The van der Waals surface area contributed by atoms with Crippen LogP contribution in [0.1, 0.15) is 18.4 Å². The summed E-state index contributed by atoms with van der Waals surface area (Å²) in [6.07, 6.45) is -3.08. The molecule has 0 bridgehead atoms. The number of nitrogens with one attached hydrogen (secondary N) is 1. The van der Waals surface area contributed by atoms with Crippen LogP contribution in [0.3, 0.4) is 0 Å². The maximum Gasteiger partial charge on any atom is 0.389 e. The molecule has 0 radical (unpaired) electrons. The lowest BCUT2D eigenvalue weighted by Crippen LogP contribution is -2.11. The topological polar surface area (TPSA) is 42.2 Å². The smallest absolute Gasteiger partial charge is 0.353 e. The van der Waals surface area contributed by atoms with Crippen molar-refractivity contribution in [3.8, 4) is 0 Å². The van der Waals surface area contributed by atoms with E-state index in [2.05, 4.69) is 15.4 Å². The molecule has 18 heavy (non-hydrogen) atoms. The Hall–Kier alpha value is -1.79. The second-order valence-corrected chi connectivity index (χ2v) is 4.09. The van der Waals surface area contributed by atoms with Crippen molar-refractivity contribution in [3.63, 3.8) is 0 Å². The first kappa shape index (κ1) is 12.7. The van der Waals surface area contributed by atoms with E-state index in [1.807, 2.05) is 25.3 Å². The molecule has 0 spiro atoms. The summed E-state index contributed by atoms with van der Waals surface area (Å²) in [6, 6.07) is 3.71. The number of pyridine rings is 1. The summed E-state index contributed by atoms with van der Waals surface area (Å²) >= 11 is 0. The van der Waals surface area contributed by atoms with Gasteiger partial charge in [-0.3, -0.25) is 0 Å². The number of nitrogens with zero attached hydrogens (tertiary/aromatic N) is 3. The van der Waals surface area contributed by atoms with Gasteiger partial charge in [0.2, 0.25) is 5.95 Å². The maximum absolute atomic E-state index is 11.9. The number of aryl methyl sites for hydroxylation is 1. The lowest BCUT2D eigenvalue weighted by Gasteiger charge is -2.05. The second-order valence-electron chi connectivity index (χ2n) is 4.09. The van der Waals surface area contributed by atoms with Crippen LogP contribution in [-0.4, -0.2) is 27.3 Å². The van der Waals surface area contributed by atoms with Crippen molar-refractivity contribution in [1.82, 2.24) is 14.6 Å². The van der Waals surface area contributed by atoms with Crippen LogP contribution in [-0.2, 0) is 0 Å². The molecule has 2 heterocycles. The Labute approximate surface area is 102 Å². The SMILES string of the molecule is Cc1ccc2nc(NCCCC(F)(F)F)nn2c1. The second kappa shape index (κ2) is 4.83. The van der Waals surface area contributed by atoms with Gasteiger partial charge in [-0.2, -0.15) is 18.2 Å². The van der Waals surface area contributed by atoms with Crippen LogP contribution >= 0.6 is 0 Å². The molecule has 0 saturated heterocycles. The minimum atomic E-state index is -4.11. The summed E-state index contributed by atoms with van der Waals surface area (Å²) in [4.78, 5) is 4.15. The van der Waals surface area contributed by atoms with Crippen LogP contribution < -0.4 is 5.32 Å². The van der Waals surface area contributed by atoms with Crippen LogP contribution in [0.25, 0.3) is 5.65 Å². The van der Waals surface area contributed by atoms with Crippen LogP contribution in [0.5, 0.6) is 0 Å². The summed E-state index contributed by atoms with van der Waals surface area (Å²) in [7, 11) is 0. The van der Waals surface area contributed by atoms with E-state index in [9.17, 15) is 13.2 Å². The van der Waals surface area contributed by atoms with Crippen molar-refractivity contribution >= 4 is 11.6 Å². The van der Waals surface area contributed by atoms with E-state index in [0.717, 1.165) is 5.56 Å². The Morgan fingerprint density at radius 2 is 2.11 bits per heavy atom. The molecular weight excluding hydrogens is 245 g/mol. The Morgan fingerprint density at radius 1 is 1.33 bits per heavy atom. The van der Waals surface area contributed by atoms with Crippen LogP contribution in [0.15, 0.2) is 18.3 Å². The Morgan fingerprint density at radius 3 is 2.83 bits per heavy atom. The zero-order valence-corrected chi connectivity index (χ0v) is 9.83. The van der Waals surface area contributed by atoms with Crippen molar-refractivity contribution in [3.05, 3.63) is 23.9 Å². The molecule has 2 rings (SSSR count). The van der Waals surface area contributed by atoms with Crippen molar-refractivity contribution in [2.24, 2.45) is 0 Å². The van der Waals surface area contributed by atoms with Crippen LogP contribution in [0, 0.1) is 6.92 Å². The fraction of sp³-hybridized carbons (Fsp3) is 0.455. The molecule has 0 aliphatic carbocycles. The third-order valence-corrected chi connectivity index (χ3v) is 2.40. The zero-order valence-electron chi connectivity index (χ0n) is 9.83. The predicted molar refractivity (Wildman–Crippen MR) is 61.5 cm³/mol. The highest BCUT2D eigenvalue weighted by Gasteiger charge is 2.25. The van der Waals surface area contributed by atoms with E-state index >= 15 is 0 Å². The van der Waals surface area contributed by atoms with Gasteiger partial charge in [0.1, 0.15) is 0 Å². The van der Waals surface area contributed by atoms with Gasteiger partial charge >= 0.3 is 6.18 Å². The third kappa shape index (κ3) is 3.35. The molecule has 4 nitrogen and oxygen atoms in total. The maximum atomic E-state index is 11.9. The molecule has 0 saturated carbocycles. The first-order valence-corrected chi connectivity index (χ1v) is 5.58. The van der Waals surface area contributed by atoms with Gasteiger partial charge in [0.15, 0.2) is 5.65 Å². The molecular formula is C11H13F3N4. The molecule has 0 aromatic carbocycles. The van der Waals surface area contributed by atoms with E-state index in [-0.39, 0.29) is 13.0 Å². The van der Waals surface area contributed by atoms with Gasteiger partial charge in [-0.05, 0) is 25.0 Å². The number of hydrogen-bond acceptors (Lipinski definition) is 3. The van der Waals surface area contributed by atoms with Gasteiger partial charge in [-0.25, -0.2) is 4.52 Å². The number of hydrogen-bond donors (Lipinski definition) is 1. The Balaban J connectivity index is 1.92. The Bertz CT molecular complexity index is 533. The van der Waals surface area contributed by atoms with Gasteiger partial charge in [0.05, 0.1) is 0 Å². The standard InChI is InChI=1S/C11H13F3N4/c1-8-3-4-9-16-10(17-18(9)7-8)15-6-2-5-11(12,13)14/h3-4,7H,2,5-6H2,1H3,(H,15,17). The normalized spacial score (nSPS) is 12.0. The summed E-state index contributed by atoms with van der Waals surface area (Å²) in [6.45, 7) is 2.13. The van der Waals surface area contributed by atoms with Gasteiger partial charge in [-0.15, -0.1) is 5.10 Å². The molecule has 0 unspecified atom stereocenters. The van der Waals surface area contributed by atoms with Crippen LogP contribution in [0.2, 0.25) is 0 Å². The molecule has 0 amide bonds. The molecule has 7 heteroatoms.